The summed E-state index contributed by atoms with van der Waals surface area (Å²) in [6.07, 6.45) is 2.89. The van der Waals surface area contributed by atoms with Gasteiger partial charge in [0.2, 0.25) is 11.8 Å². The van der Waals surface area contributed by atoms with Crippen molar-refractivity contribution in [3.63, 3.8) is 0 Å². The van der Waals surface area contributed by atoms with Crippen molar-refractivity contribution in [3.8, 4) is 0 Å². The lowest BCUT2D eigenvalue weighted by atomic mass is 9.95. The molecule has 0 aromatic heterocycles. The highest BCUT2D eigenvalue weighted by Crippen LogP contribution is 2.23. The van der Waals surface area contributed by atoms with Gasteiger partial charge in [0.15, 0.2) is 0 Å². The number of β-amino-alcohol motifs (C(OH)–C–C–N with tert-alkyl or cyclic N) is 1. The normalized spacial score (nSPS) is 23.4. The molecule has 8 nitrogen and oxygen atoms in total. The summed E-state index contributed by atoms with van der Waals surface area (Å²) in [7, 11) is 1.61. The smallest absolute Gasteiger partial charge is 0.246 e. The van der Waals surface area contributed by atoms with E-state index in [-0.39, 0.29) is 30.7 Å². The lowest BCUT2D eigenvalue weighted by Gasteiger charge is -2.37. The van der Waals surface area contributed by atoms with Crippen LogP contribution in [0.3, 0.4) is 0 Å². The Labute approximate surface area is 210 Å². The number of ether oxygens (including phenoxy) is 1. The highest BCUT2D eigenvalue weighted by Gasteiger charge is 2.30. The summed E-state index contributed by atoms with van der Waals surface area (Å²) in [6, 6.07) is 5.13. The van der Waals surface area contributed by atoms with Crippen LogP contribution in [0, 0.1) is 5.92 Å². The Hall–Kier alpha value is -1.68. The van der Waals surface area contributed by atoms with E-state index in [9.17, 15) is 19.8 Å². The van der Waals surface area contributed by atoms with Crippen molar-refractivity contribution < 1.29 is 24.5 Å². The van der Waals surface area contributed by atoms with Crippen LogP contribution < -0.4 is 0 Å². The molecule has 10 heteroatoms. The highest BCUT2D eigenvalue weighted by atomic mass is 35.5. The van der Waals surface area contributed by atoms with Gasteiger partial charge < -0.3 is 29.6 Å². The molecule has 3 atom stereocenters. The number of nitrogens with zero attached hydrogens (tertiary/aromatic N) is 3. The van der Waals surface area contributed by atoms with Gasteiger partial charge in [-0.3, -0.25) is 9.59 Å². The molecule has 34 heavy (non-hydrogen) atoms. The summed E-state index contributed by atoms with van der Waals surface area (Å²) < 4.78 is 5.19. The molecule has 0 bridgehead atoms. The van der Waals surface area contributed by atoms with Crippen LogP contribution in [-0.2, 0) is 14.3 Å². The molecular weight excluding hydrogens is 481 g/mol. The summed E-state index contributed by atoms with van der Waals surface area (Å²) >= 11 is 11.9. The van der Waals surface area contributed by atoms with E-state index in [4.69, 9.17) is 27.9 Å². The molecule has 2 fully saturated rings. The van der Waals surface area contributed by atoms with Crippen LogP contribution in [0.15, 0.2) is 24.3 Å². The van der Waals surface area contributed by atoms with Crippen molar-refractivity contribution in [3.05, 3.63) is 39.9 Å². The zero-order valence-electron chi connectivity index (χ0n) is 19.4. The van der Waals surface area contributed by atoms with Crippen molar-refractivity contribution in [2.24, 2.45) is 5.92 Å². The fraction of sp³-hybridized carbons (Fsp3) is 0.583. The van der Waals surface area contributed by atoms with E-state index < -0.39 is 12.2 Å². The summed E-state index contributed by atoms with van der Waals surface area (Å²) in [5.41, 5.74) is 0.761. The van der Waals surface area contributed by atoms with Crippen molar-refractivity contribution >= 4 is 41.1 Å². The Morgan fingerprint density at radius 3 is 2.74 bits per heavy atom. The van der Waals surface area contributed by atoms with Gasteiger partial charge in [0, 0.05) is 71.3 Å². The van der Waals surface area contributed by atoms with Crippen LogP contribution in [0.25, 0.3) is 6.08 Å². The monoisotopic (exact) mass is 513 g/mol. The van der Waals surface area contributed by atoms with Gasteiger partial charge in [-0.2, -0.15) is 0 Å². The largest absolute Gasteiger partial charge is 0.393 e. The summed E-state index contributed by atoms with van der Waals surface area (Å²) in [4.78, 5) is 30.6. The molecule has 3 unspecified atom stereocenters. The van der Waals surface area contributed by atoms with E-state index in [1.807, 2.05) is 0 Å². The number of hydrogen-bond acceptors (Lipinski definition) is 6. The maximum atomic E-state index is 12.6. The van der Waals surface area contributed by atoms with Crippen molar-refractivity contribution in [1.82, 2.24) is 14.7 Å². The number of benzene rings is 1. The Morgan fingerprint density at radius 1 is 1.21 bits per heavy atom. The standard InChI is InChI=1S/C24H33Cl2N3O5/c1-34-16-18-13-27(8-6-22(18)31)14-19(30)15-29-11-10-28(9-7-24(29)33)23(32)5-3-17-2-4-20(25)21(26)12-17/h2-5,12,18-19,22,30-31H,6-11,13-16H2,1H3/b5-3+. The molecule has 2 N–H and O–H groups in total. The van der Waals surface area contributed by atoms with E-state index in [0.717, 1.165) is 5.56 Å². The van der Waals surface area contributed by atoms with E-state index in [0.29, 0.717) is 62.3 Å². The van der Waals surface area contributed by atoms with Gasteiger partial charge in [-0.25, -0.2) is 0 Å². The van der Waals surface area contributed by atoms with E-state index in [2.05, 4.69) is 4.90 Å². The second-order valence-electron chi connectivity index (χ2n) is 8.91. The molecule has 0 saturated carbocycles. The number of halogens is 2. The Kier molecular flexibility index (Phi) is 10.2. The number of amides is 2. The molecule has 1 aromatic rings. The first kappa shape index (κ1) is 26.9. The minimum absolute atomic E-state index is 0.0160. The van der Waals surface area contributed by atoms with Gasteiger partial charge in [0.25, 0.3) is 0 Å². The topological polar surface area (TPSA) is 93.6 Å². The Morgan fingerprint density at radius 2 is 2.00 bits per heavy atom. The first-order chi connectivity index (χ1) is 16.3. The van der Waals surface area contributed by atoms with Crippen LogP contribution in [0.5, 0.6) is 0 Å². The van der Waals surface area contributed by atoms with Gasteiger partial charge in [-0.05, 0) is 30.2 Å². The van der Waals surface area contributed by atoms with E-state index in [1.165, 1.54) is 6.08 Å². The van der Waals surface area contributed by atoms with Crippen LogP contribution >= 0.6 is 23.2 Å². The third-order valence-electron chi connectivity index (χ3n) is 6.32. The van der Waals surface area contributed by atoms with Crippen LogP contribution in [-0.4, -0.2) is 108 Å². The molecule has 2 aliphatic rings. The summed E-state index contributed by atoms with van der Waals surface area (Å²) in [5, 5.41) is 21.6. The van der Waals surface area contributed by atoms with Crippen molar-refractivity contribution in [1.29, 1.82) is 0 Å². The Balaban J connectivity index is 1.49. The third-order valence-corrected chi connectivity index (χ3v) is 7.06. The molecule has 0 aliphatic carbocycles. The number of rotatable bonds is 8. The second-order valence-corrected chi connectivity index (χ2v) is 9.72. The minimum Gasteiger partial charge on any atom is -0.393 e. The molecule has 2 saturated heterocycles. The molecule has 0 spiro atoms. The van der Waals surface area contributed by atoms with Crippen LogP contribution in [0.4, 0.5) is 0 Å². The third kappa shape index (κ3) is 7.66. The predicted octanol–water partition coefficient (Wildman–Crippen LogP) is 1.76. The molecule has 3 rings (SSSR count). The van der Waals surface area contributed by atoms with Gasteiger partial charge >= 0.3 is 0 Å². The van der Waals surface area contributed by atoms with Gasteiger partial charge in [0.1, 0.15) is 0 Å². The second kappa shape index (κ2) is 12.9. The molecule has 2 heterocycles. The average molecular weight is 514 g/mol. The molecule has 188 valence electrons. The van der Waals surface area contributed by atoms with Crippen molar-refractivity contribution in [2.45, 2.75) is 25.0 Å². The maximum absolute atomic E-state index is 12.6. The zero-order chi connectivity index (χ0) is 24.7. The minimum atomic E-state index is -0.709. The first-order valence-electron chi connectivity index (χ1n) is 11.5. The van der Waals surface area contributed by atoms with Crippen LogP contribution in [0.1, 0.15) is 18.4 Å². The fourth-order valence-electron chi connectivity index (χ4n) is 4.42. The van der Waals surface area contributed by atoms with Crippen LogP contribution in [0.2, 0.25) is 10.0 Å². The van der Waals surface area contributed by atoms with Gasteiger partial charge in [-0.1, -0.05) is 29.3 Å². The number of likely N-dealkylation sites (tertiary alicyclic amines) is 1. The summed E-state index contributed by atoms with van der Waals surface area (Å²) in [5.74, 6) is -0.242. The number of carbonyl (C=O) groups excluding carboxylic acids is 2. The van der Waals surface area contributed by atoms with E-state index >= 15 is 0 Å². The SMILES string of the molecule is COCC1CN(CC(O)CN2CCN(C(=O)/C=C/c3ccc(Cl)c(Cl)c3)CCC2=O)CCC1O. The molecule has 0 radical (unpaired) electrons. The van der Waals surface area contributed by atoms with Crippen molar-refractivity contribution in [2.75, 3.05) is 59.5 Å². The zero-order valence-corrected chi connectivity index (χ0v) is 20.9. The molecule has 2 amide bonds. The highest BCUT2D eigenvalue weighted by molar-refractivity contribution is 6.42. The van der Waals surface area contributed by atoms with Gasteiger partial charge in [0.05, 0.1) is 28.9 Å². The number of carbonyl (C=O) groups is 2. The fourth-order valence-corrected chi connectivity index (χ4v) is 4.72. The van der Waals surface area contributed by atoms with Gasteiger partial charge in [-0.15, -0.1) is 0 Å². The molecular formula is C24H33Cl2N3O5. The predicted molar refractivity (Wildman–Crippen MR) is 132 cm³/mol. The Bertz CT molecular complexity index is 884. The average Bonchev–Trinajstić information content (AvgIpc) is 2.98. The van der Waals surface area contributed by atoms with E-state index in [1.54, 1.807) is 41.2 Å². The first-order valence-corrected chi connectivity index (χ1v) is 12.3. The maximum Gasteiger partial charge on any atom is 0.246 e. The quantitative estimate of drug-likeness (QED) is 0.514. The lowest BCUT2D eigenvalue weighted by molar-refractivity contribution is -0.132. The number of aliphatic hydroxyl groups is 2. The lowest BCUT2D eigenvalue weighted by Crippen LogP contribution is -2.49. The summed E-state index contributed by atoms with van der Waals surface area (Å²) in [6.45, 7) is 3.55. The molecule has 1 aromatic carbocycles. The number of methoxy groups -OCH3 is 1. The number of aliphatic hydroxyl groups excluding tert-OH is 2. The number of hydrogen-bond donors (Lipinski definition) is 2. The number of piperidine rings is 1. The molecule has 2 aliphatic heterocycles.